The maximum absolute atomic E-state index is 10.3. The van der Waals surface area contributed by atoms with Crippen molar-refractivity contribution in [1.82, 2.24) is 9.97 Å². The number of nitrogens with two attached hydrogens (primary N) is 3. The van der Waals surface area contributed by atoms with Crippen LogP contribution in [0.2, 0.25) is 0 Å². The van der Waals surface area contributed by atoms with Crippen LogP contribution in [-0.2, 0) is 20.8 Å². The molecule has 0 spiro atoms. The minimum Gasteiger partial charge on any atom is -0.480 e. The zero-order valence-corrected chi connectivity index (χ0v) is 14.9. The molecule has 156 valence electrons. The van der Waals surface area contributed by atoms with E-state index in [9.17, 15) is 14.4 Å². The van der Waals surface area contributed by atoms with Gasteiger partial charge in [0.05, 0.1) is 18.5 Å². The molecule has 0 saturated carbocycles. The summed E-state index contributed by atoms with van der Waals surface area (Å²) in [7, 11) is 0. The molecule has 0 fully saturated rings. The number of aromatic amines is 1. The van der Waals surface area contributed by atoms with E-state index < -0.39 is 48.2 Å². The summed E-state index contributed by atoms with van der Waals surface area (Å²) in [6.45, 7) is 2.66. The molecule has 12 N–H and O–H groups in total. The van der Waals surface area contributed by atoms with Gasteiger partial charge in [-0.25, -0.2) is 4.98 Å². The molecule has 27 heavy (non-hydrogen) atoms. The molecule has 0 amide bonds. The molecule has 0 bridgehead atoms. The maximum Gasteiger partial charge on any atom is 0.323 e. The summed E-state index contributed by atoms with van der Waals surface area (Å²) in [5.41, 5.74) is 15.8. The molecular weight excluding hydrogens is 366 g/mol. The Morgan fingerprint density at radius 3 is 1.56 bits per heavy atom. The van der Waals surface area contributed by atoms with E-state index in [-0.39, 0.29) is 6.42 Å². The molecular formula is C14H27N5O8. The van der Waals surface area contributed by atoms with Crippen molar-refractivity contribution >= 4 is 17.9 Å². The molecule has 0 radical (unpaired) electrons. The number of aromatic nitrogens is 2. The molecule has 13 heteroatoms. The number of hydrogen-bond donors (Lipinski definition) is 9. The topological polar surface area (TPSA) is 259 Å². The molecule has 0 saturated heterocycles. The van der Waals surface area contributed by atoms with Gasteiger partial charge in [0.25, 0.3) is 0 Å². The van der Waals surface area contributed by atoms with Crippen LogP contribution in [0.5, 0.6) is 0 Å². The van der Waals surface area contributed by atoms with Gasteiger partial charge in [-0.1, -0.05) is 0 Å². The third-order valence-corrected chi connectivity index (χ3v) is 2.92. The second-order valence-electron chi connectivity index (χ2n) is 5.43. The number of aliphatic hydroxyl groups is 2. The Balaban J connectivity index is 0. The normalized spacial score (nSPS) is 15.5. The number of nitrogens with one attached hydrogen (secondary N) is 1. The lowest BCUT2D eigenvalue weighted by Gasteiger charge is -2.07. The number of aliphatic carboxylic acids is 3. The van der Waals surface area contributed by atoms with Crippen molar-refractivity contribution < 1.29 is 39.9 Å². The number of hydrogen-bond acceptors (Lipinski definition) is 9. The average molecular weight is 393 g/mol. The predicted molar refractivity (Wildman–Crippen MR) is 92.5 cm³/mol. The van der Waals surface area contributed by atoms with E-state index in [0.717, 1.165) is 5.69 Å². The maximum atomic E-state index is 10.3. The zero-order valence-electron chi connectivity index (χ0n) is 14.9. The standard InChI is InChI=1S/C6H9N3O2.2C4H9NO3/c7-5(6(10)11)1-4-2-8-3-9-4;2*1-2(6)3(5)4(7)8/h2-3,5H,1,7H2,(H,8,9)(H,10,11);2*2-3,6H,5H2,1H3,(H,7,8). The molecule has 1 aromatic heterocycles. The Labute approximate surface area is 154 Å². The van der Waals surface area contributed by atoms with Gasteiger partial charge in [0.2, 0.25) is 0 Å². The number of carboxylic acid groups (broad SMARTS) is 3. The van der Waals surface area contributed by atoms with E-state index in [1.807, 2.05) is 0 Å². The molecule has 1 rings (SSSR count). The lowest BCUT2D eigenvalue weighted by molar-refractivity contribution is -0.141. The zero-order chi connectivity index (χ0) is 21.7. The number of carbonyl (C=O) groups is 3. The van der Waals surface area contributed by atoms with E-state index in [1.54, 1.807) is 6.20 Å². The van der Waals surface area contributed by atoms with E-state index in [1.165, 1.54) is 20.2 Å². The highest BCUT2D eigenvalue weighted by Crippen LogP contribution is 1.95. The van der Waals surface area contributed by atoms with Crippen molar-refractivity contribution in [2.45, 2.75) is 50.6 Å². The van der Waals surface area contributed by atoms with E-state index in [4.69, 9.17) is 42.7 Å². The van der Waals surface area contributed by atoms with E-state index >= 15 is 0 Å². The average Bonchev–Trinajstić information content (AvgIpc) is 3.06. The summed E-state index contributed by atoms with van der Waals surface area (Å²) in [5, 5.41) is 41.5. The van der Waals surface area contributed by atoms with Gasteiger partial charge in [0.1, 0.15) is 18.1 Å². The molecule has 1 heterocycles. The second-order valence-corrected chi connectivity index (χ2v) is 5.43. The van der Waals surface area contributed by atoms with Crippen molar-refractivity contribution in [2.24, 2.45) is 17.2 Å². The summed E-state index contributed by atoms with van der Waals surface area (Å²) in [5.74, 6) is -3.36. The van der Waals surface area contributed by atoms with Crippen LogP contribution in [-0.4, -0.2) is 83.7 Å². The summed E-state index contributed by atoms with van der Waals surface area (Å²) in [4.78, 5) is 36.5. The van der Waals surface area contributed by atoms with Crippen LogP contribution in [0.1, 0.15) is 19.5 Å². The third-order valence-electron chi connectivity index (χ3n) is 2.92. The third kappa shape index (κ3) is 13.3. The summed E-state index contributed by atoms with van der Waals surface area (Å²) >= 11 is 0. The fourth-order valence-corrected chi connectivity index (χ4v) is 1.13. The Morgan fingerprint density at radius 2 is 1.37 bits per heavy atom. The minimum absolute atomic E-state index is 0.287. The minimum atomic E-state index is -1.18. The quantitative estimate of drug-likeness (QED) is 0.223. The van der Waals surface area contributed by atoms with Crippen molar-refractivity contribution in [1.29, 1.82) is 0 Å². The molecule has 1 aromatic rings. The first-order valence-electron chi connectivity index (χ1n) is 7.59. The molecule has 0 aromatic carbocycles. The first-order valence-corrected chi connectivity index (χ1v) is 7.59. The fourth-order valence-electron chi connectivity index (χ4n) is 1.13. The number of rotatable bonds is 7. The Morgan fingerprint density at radius 1 is 0.963 bits per heavy atom. The predicted octanol–water partition coefficient (Wildman–Crippen LogP) is -3.08. The van der Waals surface area contributed by atoms with Crippen LogP contribution in [0, 0.1) is 0 Å². The Hall–Kier alpha value is -2.58. The van der Waals surface area contributed by atoms with Crippen molar-refractivity contribution in [3.8, 4) is 0 Å². The molecule has 13 nitrogen and oxygen atoms in total. The first kappa shape index (κ1) is 26.6. The second kappa shape index (κ2) is 13.6. The smallest absolute Gasteiger partial charge is 0.323 e. The SMILES string of the molecule is CC(O)C(N)C(=O)O.CC(O)C(N)C(=O)O.NC(Cc1cnc[nH]1)C(=O)O. The number of carboxylic acids is 3. The highest BCUT2D eigenvalue weighted by Gasteiger charge is 2.17. The van der Waals surface area contributed by atoms with Gasteiger partial charge < -0.3 is 47.7 Å². The van der Waals surface area contributed by atoms with Crippen molar-refractivity contribution in [2.75, 3.05) is 0 Å². The molecule has 0 aliphatic rings. The molecule has 0 aliphatic carbocycles. The van der Waals surface area contributed by atoms with Crippen LogP contribution in [0.4, 0.5) is 0 Å². The highest BCUT2D eigenvalue weighted by molar-refractivity contribution is 5.74. The monoisotopic (exact) mass is 393 g/mol. The molecule has 0 aliphatic heterocycles. The van der Waals surface area contributed by atoms with Gasteiger partial charge >= 0.3 is 17.9 Å². The molecule has 5 unspecified atom stereocenters. The molecule has 5 atom stereocenters. The van der Waals surface area contributed by atoms with E-state index in [0.29, 0.717) is 0 Å². The summed E-state index contributed by atoms with van der Waals surface area (Å²) in [6, 6.07) is -3.17. The van der Waals surface area contributed by atoms with Crippen LogP contribution in [0.15, 0.2) is 12.5 Å². The first-order chi connectivity index (χ1) is 12.3. The number of imidazole rings is 1. The Kier molecular flexibility index (Phi) is 13.4. The van der Waals surface area contributed by atoms with Gasteiger partial charge in [-0.05, 0) is 13.8 Å². The number of aliphatic hydroxyl groups excluding tert-OH is 2. The van der Waals surface area contributed by atoms with Gasteiger partial charge in [0, 0.05) is 18.3 Å². The van der Waals surface area contributed by atoms with E-state index in [2.05, 4.69) is 9.97 Å². The largest absolute Gasteiger partial charge is 0.480 e. The lowest BCUT2D eigenvalue weighted by Crippen LogP contribution is -2.39. The summed E-state index contributed by atoms with van der Waals surface area (Å²) in [6.07, 6.45) is 1.38. The van der Waals surface area contributed by atoms with Gasteiger partial charge in [-0.2, -0.15) is 0 Å². The van der Waals surface area contributed by atoms with Gasteiger partial charge in [0.15, 0.2) is 0 Å². The van der Waals surface area contributed by atoms with Crippen molar-refractivity contribution in [3.05, 3.63) is 18.2 Å². The number of nitrogens with zero attached hydrogens (tertiary/aromatic N) is 1. The van der Waals surface area contributed by atoms with Crippen LogP contribution in [0.25, 0.3) is 0 Å². The van der Waals surface area contributed by atoms with Gasteiger partial charge in [-0.15, -0.1) is 0 Å². The summed E-state index contributed by atoms with van der Waals surface area (Å²) < 4.78 is 0. The highest BCUT2D eigenvalue weighted by atomic mass is 16.4. The Bertz CT molecular complexity index is 540. The number of H-pyrrole nitrogens is 1. The van der Waals surface area contributed by atoms with Crippen LogP contribution >= 0.6 is 0 Å². The lowest BCUT2D eigenvalue weighted by atomic mass is 10.2. The van der Waals surface area contributed by atoms with Crippen LogP contribution in [0.3, 0.4) is 0 Å². The van der Waals surface area contributed by atoms with Crippen LogP contribution < -0.4 is 17.2 Å². The van der Waals surface area contributed by atoms with Crippen molar-refractivity contribution in [3.63, 3.8) is 0 Å². The van der Waals surface area contributed by atoms with Gasteiger partial charge in [-0.3, -0.25) is 14.4 Å². The fraction of sp³-hybridized carbons (Fsp3) is 0.571.